The molecule has 2 aromatic heterocycles. The number of rotatable bonds is 3. The van der Waals surface area contributed by atoms with Gasteiger partial charge in [0.1, 0.15) is 11.5 Å². The van der Waals surface area contributed by atoms with E-state index in [1.165, 1.54) is 65.9 Å². The van der Waals surface area contributed by atoms with E-state index in [0.29, 0.717) is 0 Å². The number of ether oxygens (including phenoxy) is 1. The Morgan fingerprint density at radius 2 is 1.04 bits per heavy atom. The molecular formula is C50H34N2O. The van der Waals surface area contributed by atoms with E-state index in [0.717, 1.165) is 34.0 Å². The summed E-state index contributed by atoms with van der Waals surface area (Å²) in [6, 6.07) is 57.1. The molecule has 1 spiro atoms. The summed E-state index contributed by atoms with van der Waals surface area (Å²) in [7, 11) is 0. The lowest BCUT2D eigenvalue weighted by molar-refractivity contribution is 0.436. The van der Waals surface area contributed by atoms with Gasteiger partial charge in [-0.1, -0.05) is 116 Å². The lowest BCUT2D eigenvalue weighted by Gasteiger charge is -2.39. The van der Waals surface area contributed by atoms with Crippen LogP contribution in [0.1, 0.15) is 29.2 Å². The molecule has 11 rings (SSSR count). The van der Waals surface area contributed by atoms with Crippen LogP contribution in [0.5, 0.6) is 11.5 Å². The van der Waals surface area contributed by atoms with E-state index in [1.54, 1.807) is 0 Å². The van der Waals surface area contributed by atoms with Crippen LogP contribution in [-0.4, -0.2) is 9.13 Å². The average Bonchev–Trinajstić information content (AvgIpc) is 3.80. The SMILES string of the molecule is C=C/C=C1\C(=C/C)c2cc3c4cc5c6ccccc6n(-c6ccccc6)c5cc4n(-c4ccccc4)c3cc2C12c1ccccc1Oc1ccccc12. The Balaban J connectivity index is 1.33. The molecule has 7 aromatic carbocycles. The third kappa shape index (κ3) is 3.88. The Morgan fingerprint density at radius 3 is 1.68 bits per heavy atom. The van der Waals surface area contributed by atoms with Crippen molar-refractivity contribution in [2.75, 3.05) is 0 Å². The van der Waals surface area contributed by atoms with Gasteiger partial charge in [-0.05, 0) is 95.9 Å². The second-order valence-electron chi connectivity index (χ2n) is 14.0. The van der Waals surface area contributed by atoms with Gasteiger partial charge < -0.3 is 13.9 Å². The molecule has 0 amide bonds. The molecule has 1 aliphatic carbocycles. The molecule has 3 nitrogen and oxygen atoms in total. The number of nitrogens with zero attached hydrogens (tertiary/aromatic N) is 2. The molecule has 0 saturated heterocycles. The van der Waals surface area contributed by atoms with Crippen LogP contribution in [0.15, 0.2) is 188 Å². The van der Waals surface area contributed by atoms with E-state index < -0.39 is 5.41 Å². The van der Waals surface area contributed by atoms with Crippen LogP contribution >= 0.6 is 0 Å². The van der Waals surface area contributed by atoms with Crippen molar-refractivity contribution in [3.8, 4) is 22.9 Å². The lowest BCUT2D eigenvalue weighted by atomic mass is 9.65. The fourth-order valence-electron chi connectivity index (χ4n) is 9.48. The summed E-state index contributed by atoms with van der Waals surface area (Å²) in [4.78, 5) is 0. The van der Waals surface area contributed by atoms with Crippen molar-refractivity contribution in [1.29, 1.82) is 0 Å². The Labute approximate surface area is 307 Å². The number of benzene rings is 7. The average molecular weight is 679 g/mol. The molecule has 0 radical (unpaired) electrons. The van der Waals surface area contributed by atoms with Crippen LogP contribution in [0.4, 0.5) is 0 Å². The van der Waals surface area contributed by atoms with Crippen LogP contribution in [0, 0.1) is 0 Å². The molecule has 3 heteroatoms. The number of fused-ring (bicyclic) bond motifs is 12. The van der Waals surface area contributed by atoms with Crippen LogP contribution in [0.2, 0.25) is 0 Å². The van der Waals surface area contributed by atoms with E-state index in [4.69, 9.17) is 4.74 Å². The first-order chi connectivity index (χ1) is 26.2. The van der Waals surface area contributed by atoms with Gasteiger partial charge in [0, 0.05) is 44.0 Å². The maximum Gasteiger partial charge on any atom is 0.132 e. The molecule has 0 N–H and O–H groups in total. The minimum absolute atomic E-state index is 0.603. The zero-order valence-corrected chi connectivity index (χ0v) is 29.3. The minimum Gasteiger partial charge on any atom is -0.457 e. The van der Waals surface area contributed by atoms with E-state index >= 15 is 0 Å². The first kappa shape index (κ1) is 29.8. The van der Waals surface area contributed by atoms with Gasteiger partial charge in [-0.3, -0.25) is 0 Å². The molecule has 0 saturated carbocycles. The van der Waals surface area contributed by atoms with Crippen LogP contribution in [-0.2, 0) is 5.41 Å². The van der Waals surface area contributed by atoms with Crippen LogP contribution in [0.3, 0.4) is 0 Å². The molecule has 0 unspecified atom stereocenters. The van der Waals surface area contributed by atoms with Gasteiger partial charge in [0.25, 0.3) is 0 Å². The van der Waals surface area contributed by atoms with E-state index in [2.05, 4.69) is 193 Å². The van der Waals surface area contributed by atoms with Crippen molar-refractivity contribution in [3.63, 3.8) is 0 Å². The molecule has 0 atom stereocenters. The van der Waals surface area contributed by atoms with Gasteiger partial charge >= 0.3 is 0 Å². The molecule has 9 aromatic rings. The summed E-state index contributed by atoms with van der Waals surface area (Å²) >= 11 is 0. The van der Waals surface area contributed by atoms with Crippen molar-refractivity contribution in [2.24, 2.45) is 0 Å². The molecule has 0 fully saturated rings. The highest BCUT2D eigenvalue weighted by Crippen LogP contribution is 2.63. The number of hydrogen-bond acceptors (Lipinski definition) is 1. The maximum absolute atomic E-state index is 6.64. The highest BCUT2D eigenvalue weighted by atomic mass is 16.5. The summed E-state index contributed by atoms with van der Waals surface area (Å²) in [6.45, 7) is 6.38. The molecule has 3 heterocycles. The first-order valence-electron chi connectivity index (χ1n) is 18.3. The number of aromatic nitrogens is 2. The van der Waals surface area contributed by atoms with E-state index in [1.807, 2.05) is 6.08 Å². The monoisotopic (exact) mass is 678 g/mol. The molecular weight excluding hydrogens is 645 g/mol. The second-order valence-corrected chi connectivity index (χ2v) is 14.0. The second kappa shape index (κ2) is 11.1. The largest absolute Gasteiger partial charge is 0.457 e. The third-order valence-electron chi connectivity index (χ3n) is 11.5. The maximum atomic E-state index is 6.64. The Kier molecular flexibility index (Phi) is 6.24. The standard InChI is InChI=1S/C50H34N2O/c1-3-17-40-34(4-2)36-28-38-39-29-37-35-22-11-14-25-44(35)51(32-18-7-5-8-19-32)46(37)31-47(39)52(33-20-9-6-10-21-33)45(38)30-43(36)50(40)41-23-12-15-26-48(41)53-49-27-16-13-24-42(49)50/h3-31H,1H2,2H3/b34-4-,40-17+. The summed E-state index contributed by atoms with van der Waals surface area (Å²) in [5.41, 5.74) is 13.6. The highest BCUT2D eigenvalue weighted by molar-refractivity contribution is 6.20. The van der Waals surface area contributed by atoms with Gasteiger partial charge in [-0.15, -0.1) is 0 Å². The van der Waals surface area contributed by atoms with Crippen LogP contribution < -0.4 is 4.74 Å². The molecule has 0 bridgehead atoms. The fraction of sp³-hybridized carbons (Fsp3) is 0.0400. The number of hydrogen-bond donors (Lipinski definition) is 0. The zero-order chi connectivity index (χ0) is 35.3. The Hall–Kier alpha value is -6.84. The van der Waals surface area contributed by atoms with Crippen molar-refractivity contribution < 1.29 is 4.74 Å². The quantitative estimate of drug-likeness (QED) is 0.182. The zero-order valence-electron chi connectivity index (χ0n) is 29.3. The van der Waals surface area contributed by atoms with Crippen molar-refractivity contribution in [3.05, 3.63) is 210 Å². The molecule has 53 heavy (non-hydrogen) atoms. The normalized spacial score (nSPS) is 15.7. The summed E-state index contributed by atoms with van der Waals surface area (Å²) < 4.78 is 11.5. The Bertz CT molecular complexity index is 3000. The van der Waals surface area contributed by atoms with Crippen molar-refractivity contribution in [2.45, 2.75) is 12.3 Å². The summed E-state index contributed by atoms with van der Waals surface area (Å²) in [6.07, 6.45) is 6.42. The van der Waals surface area contributed by atoms with E-state index in [-0.39, 0.29) is 0 Å². The predicted octanol–water partition coefficient (Wildman–Crippen LogP) is 12.9. The minimum atomic E-state index is -0.603. The van der Waals surface area contributed by atoms with Gasteiger partial charge in [0.05, 0.1) is 27.5 Å². The fourth-order valence-corrected chi connectivity index (χ4v) is 9.48. The summed E-state index contributed by atoms with van der Waals surface area (Å²) in [5, 5.41) is 4.94. The van der Waals surface area contributed by atoms with Gasteiger partial charge in [0.15, 0.2) is 0 Å². The number of para-hydroxylation sites is 5. The third-order valence-corrected chi connectivity index (χ3v) is 11.5. The van der Waals surface area contributed by atoms with Crippen molar-refractivity contribution >= 4 is 49.2 Å². The molecule has 2 aliphatic rings. The van der Waals surface area contributed by atoms with Gasteiger partial charge in [-0.25, -0.2) is 0 Å². The van der Waals surface area contributed by atoms with Gasteiger partial charge in [-0.2, -0.15) is 0 Å². The smallest absolute Gasteiger partial charge is 0.132 e. The Morgan fingerprint density at radius 1 is 0.509 bits per heavy atom. The number of allylic oxidation sites excluding steroid dienone is 5. The predicted molar refractivity (Wildman–Crippen MR) is 220 cm³/mol. The topological polar surface area (TPSA) is 19.1 Å². The van der Waals surface area contributed by atoms with E-state index in [9.17, 15) is 0 Å². The lowest BCUT2D eigenvalue weighted by Crippen LogP contribution is -2.32. The highest BCUT2D eigenvalue weighted by Gasteiger charge is 2.52. The molecule has 1 aliphatic heterocycles. The van der Waals surface area contributed by atoms with Gasteiger partial charge in [0.2, 0.25) is 0 Å². The molecule has 250 valence electrons. The summed E-state index contributed by atoms with van der Waals surface area (Å²) in [5.74, 6) is 1.76. The van der Waals surface area contributed by atoms with Crippen molar-refractivity contribution in [1.82, 2.24) is 9.13 Å². The van der Waals surface area contributed by atoms with Crippen LogP contribution in [0.25, 0.3) is 60.6 Å². The first-order valence-corrected chi connectivity index (χ1v) is 18.3.